The summed E-state index contributed by atoms with van der Waals surface area (Å²) in [6.07, 6.45) is -0.233. The molecule has 0 saturated carbocycles. The number of rotatable bonds is 11. The number of ether oxygens (including phenoxy) is 1. The summed E-state index contributed by atoms with van der Waals surface area (Å²) < 4.78 is 5.20. The molecular weight excluding hydrogens is 440 g/mol. The molecule has 2 rings (SSSR count). The predicted molar refractivity (Wildman–Crippen MR) is 124 cm³/mol. The SMILES string of the molecule is CC[C@H](C)[C@H](NC(=O)OCc1ccccc1)C(=O)N[C@@H](CNC(=O)c1ccccc1)C(=O)NO. The monoisotopic (exact) mass is 470 g/mol. The van der Waals surface area contributed by atoms with E-state index in [1.807, 2.05) is 25.1 Å². The minimum atomic E-state index is -1.28. The van der Waals surface area contributed by atoms with Crippen molar-refractivity contribution >= 4 is 23.8 Å². The Bertz CT molecular complexity index is 954. The fourth-order valence-electron chi connectivity index (χ4n) is 3.03. The van der Waals surface area contributed by atoms with E-state index in [0.29, 0.717) is 12.0 Å². The summed E-state index contributed by atoms with van der Waals surface area (Å²) in [7, 11) is 0. The number of benzene rings is 2. The Balaban J connectivity index is 2.00. The summed E-state index contributed by atoms with van der Waals surface area (Å²) in [5.74, 6) is -2.32. The van der Waals surface area contributed by atoms with Crippen molar-refractivity contribution in [2.45, 2.75) is 39.0 Å². The molecule has 0 saturated heterocycles. The highest BCUT2D eigenvalue weighted by molar-refractivity contribution is 5.95. The molecule has 10 heteroatoms. The van der Waals surface area contributed by atoms with E-state index in [4.69, 9.17) is 9.94 Å². The van der Waals surface area contributed by atoms with Crippen LogP contribution in [0.4, 0.5) is 4.79 Å². The van der Waals surface area contributed by atoms with Crippen molar-refractivity contribution in [3.05, 3.63) is 71.8 Å². The van der Waals surface area contributed by atoms with Gasteiger partial charge in [-0.3, -0.25) is 19.6 Å². The van der Waals surface area contributed by atoms with E-state index in [2.05, 4.69) is 16.0 Å². The number of hydrogen-bond donors (Lipinski definition) is 5. The van der Waals surface area contributed by atoms with Gasteiger partial charge in [0.2, 0.25) is 5.91 Å². The second-order valence-corrected chi connectivity index (χ2v) is 7.68. The molecule has 0 bridgehead atoms. The van der Waals surface area contributed by atoms with Crippen LogP contribution in [0.3, 0.4) is 0 Å². The molecule has 0 fully saturated rings. The minimum Gasteiger partial charge on any atom is -0.445 e. The molecule has 2 aromatic carbocycles. The summed E-state index contributed by atoms with van der Waals surface area (Å²) in [5.41, 5.74) is 2.64. The third kappa shape index (κ3) is 8.21. The van der Waals surface area contributed by atoms with Crippen LogP contribution in [0.15, 0.2) is 60.7 Å². The Morgan fingerprint density at radius 2 is 1.53 bits per heavy atom. The highest BCUT2D eigenvalue weighted by atomic mass is 16.5. The van der Waals surface area contributed by atoms with Crippen LogP contribution in [0, 0.1) is 5.92 Å². The Morgan fingerprint density at radius 1 is 0.912 bits per heavy atom. The Hall–Kier alpha value is -3.92. The molecule has 10 nitrogen and oxygen atoms in total. The first-order valence-electron chi connectivity index (χ1n) is 10.9. The normalized spacial score (nSPS) is 13.0. The predicted octanol–water partition coefficient (Wildman–Crippen LogP) is 1.75. The molecule has 0 spiro atoms. The molecule has 0 aliphatic heterocycles. The maximum atomic E-state index is 12.9. The zero-order valence-corrected chi connectivity index (χ0v) is 19.1. The van der Waals surface area contributed by atoms with Crippen molar-refractivity contribution in [2.75, 3.05) is 6.54 Å². The Morgan fingerprint density at radius 3 is 2.12 bits per heavy atom. The summed E-state index contributed by atoms with van der Waals surface area (Å²) in [5, 5.41) is 16.6. The fraction of sp³-hybridized carbons (Fsp3) is 0.333. The molecule has 0 aliphatic carbocycles. The second kappa shape index (κ2) is 13.6. The van der Waals surface area contributed by atoms with Gasteiger partial charge in [0.15, 0.2) is 0 Å². The average Bonchev–Trinajstić information content (AvgIpc) is 2.88. The van der Waals surface area contributed by atoms with Gasteiger partial charge in [-0.1, -0.05) is 68.8 Å². The number of amides is 4. The van der Waals surface area contributed by atoms with Gasteiger partial charge in [0.05, 0.1) is 0 Å². The first-order chi connectivity index (χ1) is 16.3. The van der Waals surface area contributed by atoms with E-state index >= 15 is 0 Å². The summed E-state index contributed by atoms with van der Waals surface area (Å²) in [6, 6.07) is 15.1. The van der Waals surface area contributed by atoms with Crippen molar-refractivity contribution in [3.63, 3.8) is 0 Å². The molecule has 0 unspecified atom stereocenters. The zero-order chi connectivity index (χ0) is 24.9. The van der Waals surface area contributed by atoms with Gasteiger partial charge in [0.25, 0.3) is 11.8 Å². The van der Waals surface area contributed by atoms with Gasteiger partial charge >= 0.3 is 6.09 Å². The maximum absolute atomic E-state index is 12.9. The third-order valence-electron chi connectivity index (χ3n) is 5.23. The van der Waals surface area contributed by atoms with Crippen LogP contribution in [-0.4, -0.2) is 47.7 Å². The van der Waals surface area contributed by atoms with Crippen LogP contribution >= 0.6 is 0 Å². The third-order valence-corrected chi connectivity index (χ3v) is 5.23. The molecular formula is C24H30N4O6. The zero-order valence-electron chi connectivity index (χ0n) is 19.1. The van der Waals surface area contributed by atoms with Crippen LogP contribution in [0.1, 0.15) is 36.2 Å². The summed E-state index contributed by atoms with van der Waals surface area (Å²) in [4.78, 5) is 49.6. The van der Waals surface area contributed by atoms with E-state index in [-0.39, 0.29) is 19.1 Å². The number of nitrogens with one attached hydrogen (secondary N) is 4. The second-order valence-electron chi connectivity index (χ2n) is 7.68. The molecule has 5 N–H and O–H groups in total. The Labute approximate surface area is 198 Å². The largest absolute Gasteiger partial charge is 0.445 e. The van der Waals surface area contributed by atoms with E-state index in [9.17, 15) is 19.2 Å². The van der Waals surface area contributed by atoms with Gasteiger partial charge in [0, 0.05) is 12.1 Å². The topological polar surface area (TPSA) is 146 Å². The lowest BCUT2D eigenvalue weighted by atomic mass is 9.98. The molecule has 2 aromatic rings. The van der Waals surface area contributed by atoms with Gasteiger partial charge in [-0.05, 0) is 23.6 Å². The van der Waals surface area contributed by atoms with Crippen LogP contribution in [0.5, 0.6) is 0 Å². The summed E-state index contributed by atoms with van der Waals surface area (Å²) in [6.45, 7) is 3.36. The van der Waals surface area contributed by atoms with Crippen molar-refractivity contribution in [1.29, 1.82) is 0 Å². The molecule has 0 radical (unpaired) electrons. The summed E-state index contributed by atoms with van der Waals surface area (Å²) >= 11 is 0. The number of hydroxylamine groups is 1. The highest BCUT2D eigenvalue weighted by Gasteiger charge is 2.30. The quantitative estimate of drug-likeness (QED) is 0.250. The number of carbonyl (C=O) groups is 4. The lowest BCUT2D eigenvalue weighted by Gasteiger charge is -2.26. The molecule has 34 heavy (non-hydrogen) atoms. The van der Waals surface area contributed by atoms with E-state index < -0.39 is 35.9 Å². The van der Waals surface area contributed by atoms with Gasteiger partial charge < -0.3 is 20.7 Å². The van der Waals surface area contributed by atoms with Crippen molar-refractivity contribution in [1.82, 2.24) is 21.4 Å². The minimum absolute atomic E-state index is 0.0303. The van der Waals surface area contributed by atoms with Gasteiger partial charge in [-0.15, -0.1) is 0 Å². The molecule has 0 aromatic heterocycles. The van der Waals surface area contributed by atoms with E-state index in [0.717, 1.165) is 5.56 Å². The van der Waals surface area contributed by atoms with Crippen LogP contribution < -0.4 is 21.4 Å². The molecule has 0 heterocycles. The van der Waals surface area contributed by atoms with Gasteiger partial charge in [-0.25, -0.2) is 10.3 Å². The lowest BCUT2D eigenvalue weighted by molar-refractivity contribution is -0.135. The standard InChI is InChI=1S/C24H30N4O6/c1-3-16(2)20(27-24(32)34-15-17-10-6-4-7-11-17)23(31)26-19(22(30)28-33)14-25-21(29)18-12-8-5-9-13-18/h4-13,16,19-20,33H,3,14-15H2,1-2H3,(H,25,29)(H,26,31)(H,27,32)(H,28,30)/t16-,19-,20-/m0/s1. The smallest absolute Gasteiger partial charge is 0.408 e. The van der Waals surface area contributed by atoms with E-state index in [1.54, 1.807) is 49.4 Å². The molecule has 3 atom stereocenters. The van der Waals surface area contributed by atoms with Gasteiger partial charge in [-0.2, -0.15) is 0 Å². The number of hydrogen-bond acceptors (Lipinski definition) is 6. The number of carbonyl (C=O) groups excluding carboxylic acids is 4. The van der Waals surface area contributed by atoms with E-state index in [1.165, 1.54) is 5.48 Å². The van der Waals surface area contributed by atoms with Crippen LogP contribution in [0.25, 0.3) is 0 Å². The first-order valence-corrected chi connectivity index (χ1v) is 10.9. The number of alkyl carbamates (subject to hydrolysis) is 1. The highest BCUT2D eigenvalue weighted by Crippen LogP contribution is 2.10. The maximum Gasteiger partial charge on any atom is 0.408 e. The van der Waals surface area contributed by atoms with Crippen LogP contribution in [0.2, 0.25) is 0 Å². The van der Waals surface area contributed by atoms with Crippen molar-refractivity contribution < 1.29 is 29.1 Å². The first kappa shape index (κ1) is 26.3. The molecule has 182 valence electrons. The van der Waals surface area contributed by atoms with Crippen molar-refractivity contribution in [3.8, 4) is 0 Å². The Kier molecular flexibility index (Phi) is 10.5. The molecule has 4 amide bonds. The van der Waals surface area contributed by atoms with Crippen molar-refractivity contribution in [2.24, 2.45) is 5.92 Å². The fourth-order valence-corrected chi connectivity index (χ4v) is 3.03. The average molecular weight is 471 g/mol. The van der Waals surface area contributed by atoms with Gasteiger partial charge in [0.1, 0.15) is 18.7 Å². The molecule has 0 aliphatic rings. The lowest BCUT2D eigenvalue weighted by Crippen LogP contribution is -2.58. The van der Waals surface area contributed by atoms with Crippen LogP contribution in [-0.2, 0) is 20.9 Å².